The molecule has 25 heavy (non-hydrogen) atoms. The van der Waals surface area contributed by atoms with Crippen molar-refractivity contribution in [2.75, 3.05) is 26.8 Å². The third-order valence-corrected chi connectivity index (χ3v) is 4.85. The number of carbonyl (C=O) groups excluding carboxylic acids is 1. The molecule has 2 heterocycles. The topological polar surface area (TPSA) is 79.7 Å². The average molecular weight is 363 g/mol. The quantitative estimate of drug-likeness (QED) is 0.904. The number of piperidine rings is 1. The van der Waals surface area contributed by atoms with Gasteiger partial charge in [0.15, 0.2) is 0 Å². The van der Waals surface area contributed by atoms with Gasteiger partial charge in [-0.1, -0.05) is 23.7 Å². The Morgan fingerprint density at radius 3 is 2.84 bits per heavy atom. The summed E-state index contributed by atoms with van der Waals surface area (Å²) >= 11 is 5.99. The Kier molecular flexibility index (Phi) is 4.92. The van der Waals surface area contributed by atoms with E-state index in [1.807, 2.05) is 12.1 Å². The number of benzene rings is 1. The van der Waals surface area contributed by atoms with E-state index in [0.717, 1.165) is 5.39 Å². The van der Waals surface area contributed by atoms with Gasteiger partial charge in [-0.05, 0) is 31.0 Å². The van der Waals surface area contributed by atoms with Gasteiger partial charge < -0.3 is 14.7 Å². The number of methoxy groups -OCH3 is 1. The highest BCUT2D eigenvalue weighted by molar-refractivity contribution is 6.31. The number of carboxylic acids is 1. The number of pyridine rings is 1. The number of carboxylic acid groups (broad SMARTS) is 1. The van der Waals surface area contributed by atoms with Crippen LogP contribution in [0.5, 0.6) is 0 Å². The zero-order chi connectivity index (χ0) is 18.0. The lowest BCUT2D eigenvalue weighted by molar-refractivity contribution is -0.155. The Balaban J connectivity index is 1.88. The number of nitrogens with zero attached hydrogens (tertiary/aromatic N) is 2. The summed E-state index contributed by atoms with van der Waals surface area (Å²) < 4.78 is 5.10. The monoisotopic (exact) mass is 362 g/mol. The fraction of sp³-hybridized carbons (Fsp3) is 0.389. The fourth-order valence-electron chi connectivity index (χ4n) is 3.31. The number of hydrogen-bond donors (Lipinski definition) is 1. The number of aliphatic carboxylic acids is 1. The normalized spacial score (nSPS) is 20.6. The standard InChI is InChI=1S/C18H19ClN2O4/c1-25-11-18(17(23)24)7-2-8-21(10-18)16(22)14-6-4-12-3-5-13(19)9-15(12)20-14/h3-6,9H,2,7-8,10-11H2,1H3,(H,23,24). The maximum Gasteiger partial charge on any atom is 0.313 e. The number of ether oxygens (including phenoxy) is 1. The van der Waals surface area contributed by atoms with Crippen LogP contribution in [0.15, 0.2) is 30.3 Å². The predicted octanol–water partition coefficient (Wildman–Crippen LogP) is 2.84. The van der Waals surface area contributed by atoms with Crippen molar-refractivity contribution in [2.45, 2.75) is 12.8 Å². The summed E-state index contributed by atoms with van der Waals surface area (Å²) in [5, 5.41) is 11.1. The second kappa shape index (κ2) is 6.98. The van der Waals surface area contributed by atoms with Crippen molar-refractivity contribution in [3.8, 4) is 0 Å². The molecule has 1 aromatic heterocycles. The van der Waals surface area contributed by atoms with Crippen LogP contribution in [-0.2, 0) is 9.53 Å². The number of likely N-dealkylation sites (tertiary alicyclic amines) is 1. The van der Waals surface area contributed by atoms with Crippen molar-refractivity contribution in [1.82, 2.24) is 9.88 Å². The lowest BCUT2D eigenvalue weighted by Gasteiger charge is -2.39. The summed E-state index contributed by atoms with van der Waals surface area (Å²) in [6.45, 7) is 0.698. The minimum Gasteiger partial charge on any atom is -0.481 e. The van der Waals surface area contributed by atoms with E-state index < -0.39 is 11.4 Å². The number of halogens is 1. The van der Waals surface area contributed by atoms with Crippen molar-refractivity contribution in [3.63, 3.8) is 0 Å². The predicted molar refractivity (Wildman–Crippen MR) is 93.8 cm³/mol. The molecule has 1 fully saturated rings. The second-order valence-corrected chi connectivity index (χ2v) is 6.82. The van der Waals surface area contributed by atoms with Crippen LogP contribution in [0, 0.1) is 5.41 Å². The van der Waals surface area contributed by atoms with Crippen molar-refractivity contribution in [1.29, 1.82) is 0 Å². The third-order valence-electron chi connectivity index (χ3n) is 4.61. The Bertz CT molecular complexity index is 822. The molecule has 0 spiro atoms. The molecule has 1 atom stereocenters. The van der Waals surface area contributed by atoms with Gasteiger partial charge in [-0.25, -0.2) is 4.98 Å². The van der Waals surface area contributed by atoms with Gasteiger partial charge in [-0.15, -0.1) is 0 Å². The molecule has 0 bridgehead atoms. The highest BCUT2D eigenvalue weighted by atomic mass is 35.5. The first-order valence-corrected chi connectivity index (χ1v) is 8.41. The van der Waals surface area contributed by atoms with E-state index in [1.54, 1.807) is 23.1 Å². The van der Waals surface area contributed by atoms with Crippen LogP contribution in [0.3, 0.4) is 0 Å². The second-order valence-electron chi connectivity index (χ2n) is 6.38. The maximum atomic E-state index is 12.8. The minimum absolute atomic E-state index is 0.0763. The van der Waals surface area contributed by atoms with Crippen molar-refractivity contribution < 1.29 is 19.4 Å². The van der Waals surface area contributed by atoms with Crippen LogP contribution >= 0.6 is 11.6 Å². The van der Waals surface area contributed by atoms with E-state index in [4.69, 9.17) is 16.3 Å². The van der Waals surface area contributed by atoms with Gasteiger partial charge in [0, 0.05) is 30.6 Å². The molecule has 1 saturated heterocycles. The van der Waals surface area contributed by atoms with Gasteiger partial charge in [0.2, 0.25) is 0 Å². The van der Waals surface area contributed by atoms with Gasteiger partial charge in [-0.2, -0.15) is 0 Å². The lowest BCUT2D eigenvalue weighted by atomic mass is 9.80. The molecule has 0 saturated carbocycles. The Morgan fingerprint density at radius 2 is 2.12 bits per heavy atom. The molecule has 0 radical (unpaired) electrons. The number of aromatic nitrogens is 1. The molecule has 1 aliphatic heterocycles. The van der Waals surface area contributed by atoms with Gasteiger partial charge >= 0.3 is 5.97 Å². The molecule has 132 valence electrons. The van der Waals surface area contributed by atoms with Crippen molar-refractivity contribution in [3.05, 3.63) is 41.0 Å². The van der Waals surface area contributed by atoms with Gasteiger partial charge in [0.1, 0.15) is 11.1 Å². The molecule has 1 aliphatic rings. The number of amides is 1. The Hall–Kier alpha value is -2.18. The summed E-state index contributed by atoms with van der Waals surface area (Å²) in [7, 11) is 1.47. The minimum atomic E-state index is -1.07. The van der Waals surface area contributed by atoms with E-state index in [0.29, 0.717) is 29.9 Å². The molecule has 6 nitrogen and oxygen atoms in total. The van der Waals surface area contributed by atoms with Gasteiger partial charge in [0.25, 0.3) is 5.91 Å². The number of hydrogen-bond acceptors (Lipinski definition) is 4. The summed E-state index contributed by atoms with van der Waals surface area (Å²) in [5.41, 5.74) is -0.145. The average Bonchev–Trinajstić information content (AvgIpc) is 2.60. The molecule has 1 aromatic carbocycles. The first-order chi connectivity index (χ1) is 11.9. The first-order valence-electron chi connectivity index (χ1n) is 8.03. The van der Waals surface area contributed by atoms with Crippen molar-refractivity contribution >= 4 is 34.4 Å². The lowest BCUT2D eigenvalue weighted by Crippen LogP contribution is -2.52. The summed E-state index contributed by atoms with van der Waals surface area (Å²) in [6, 6.07) is 8.79. The maximum absolute atomic E-state index is 12.8. The first kappa shape index (κ1) is 17.6. The molecular weight excluding hydrogens is 344 g/mol. The summed E-state index contributed by atoms with van der Waals surface area (Å²) in [4.78, 5) is 30.5. The van der Waals surface area contributed by atoms with E-state index in [-0.39, 0.29) is 24.8 Å². The van der Waals surface area contributed by atoms with Crippen LogP contribution < -0.4 is 0 Å². The molecule has 1 amide bonds. The smallest absolute Gasteiger partial charge is 0.313 e. The number of fused-ring (bicyclic) bond motifs is 1. The summed E-state index contributed by atoms with van der Waals surface area (Å²) in [6.07, 6.45) is 1.10. The van der Waals surface area contributed by atoms with Gasteiger partial charge in [0.05, 0.1) is 12.1 Å². The molecule has 1 unspecified atom stereocenters. The Labute approximate surface area is 150 Å². The zero-order valence-corrected chi connectivity index (χ0v) is 14.6. The van der Waals surface area contributed by atoms with E-state index in [2.05, 4.69) is 4.98 Å². The molecule has 0 aliphatic carbocycles. The molecule has 1 N–H and O–H groups in total. The van der Waals surface area contributed by atoms with E-state index in [1.165, 1.54) is 7.11 Å². The van der Waals surface area contributed by atoms with Crippen LogP contribution in [0.2, 0.25) is 5.02 Å². The zero-order valence-electron chi connectivity index (χ0n) is 13.9. The van der Waals surface area contributed by atoms with E-state index >= 15 is 0 Å². The van der Waals surface area contributed by atoms with Crippen LogP contribution in [0.25, 0.3) is 10.9 Å². The number of rotatable bonds is 4. The summed E-state index contributed by atoms with van der Waals surface area (Å²) in [5.74, 6) is -1.21. The molecular formula is C18H19ClN2O4. The fourth-order valence-corrected chi connectivity index (χ4v) is 3.47. The van der Waals surface area contributed by atoms with Crippen molar-refractivity contribution in [2.24, 2.45) is 5.41 Å². The highest BCUT2D eigenvalue weighted by Crippen LogP contribution is 2.31. The largest absolute Gasteiger partial charge is 0.481 e. The molecule has 3 rings (SSSR count). The molecule has 2 aromatic rings. The van der Waals surface area contributed by atoms with Gasteiger partial charge in [-0.3, -0.25) is 9.59 Å². The van der Waals surface area contributed by atoms with Crippen LogP contribution in [0.1, 0.15) is 23.3 Å². The number of carbonyl (C=O) groups is 2. The molecule has 7 heteroatoms. The van der Waals surface area contributed by atoms with Crippen LogP contribution in [-0.4, -0.2) is 53.7 Å². The van der Waals surface area contributed by atoms with E-state index in [9.17, 15) is 14.7 Å². The SMILES string of the molecule is COCC1(C(=O)O)CCCN(C(=O)c2ccc3ccc(Cl)cc3n2)C1. The third kappa shape index (κ3) is 3.45. The Morgan fingerprint density at radius 1 is 1.36 bits per heavy atom. The highest BCUT2D eigenvalue weighted by Gasteiger charge is 2.44. The van der Waals surface area contributed by atoms with Crippen LogP contribution in [0.4, 0.5) is 0 Å².